The highest BCUT2D eigenvalue weighted by Gasteiger charge is 2.26. The Hall–Kier alpha value is -0.590. The highest BCUT2D eigenvalue weighted by molar-refractivity contribution is 4.77. The van der Waals surface area contributed by atoms with Gasteiger partial charge in [0.1, 0.15) is 6.23 Å². The molecule has 1 aliphatic heterocycles. The summed E-state index contributed by atoms with van der Waals surface area (Å²) in [4.78, 5) is 2.24. The van der Waals surface area contributed by atoms with Crippen LogP contribution in [0.15, 0.2) is 0 Å². The topological polar surface area (TPSA) is 36.3 Å². The Morgan fingerprint density at radius 3 is 3.00 bits per heavy atom. The summed E-state index contributed by atoms with van der Waals surface area (Å²) >= 11 is 0. The lowest BCUT2D eigenvalue weighted by Gasteiger charge is -2.24. The van der Waals surface area contributed by atoms with Crippen LogP contribution in [0.1, 0.15) is 20.3 Å². The minimum absolute atomic E-state index is 0.235. The fourth-order valence-electron chi connectivity index (χ4n) is 1.57. The van der Waals surface area contributed by atoms with E-state index in [0.29, 0.717) is 12.3 Å². The third-order valence-electron chi connectivity index (χ3n) is 2.11. The van der Waals surface area contributed by atoms with Crippen molar-refractivity contribution in [2.75, 3.05) is 19.7 Å². The van der Waals surface area contributed by atoms with Gasteiger partial charge >= 0.3 is 0 Å². The lowest BCUT2D eigenvalue weighted by atomic mass is 10.2. The zero-order valence-electron chi connectivity index (χ0n) is 7.79. The summed E-state index contributed by atoms with van der Waals surface area (Å²) < 4.78 is 5.54. The van der Waals surface area contributed by atoms with Crippen molar-refractivity contribution in [3.05, 3.63) is 0 Å². The fourth-order valence-corrected chi connectivity index (χ4v) is 1.57. The molecule has 0 amide bonds. The van der Waals surface area contributed by atoms with Crippen LogP contribution in [-0.4, -0.2) is 30.8 Å². The third-order valence-corrected chi connectivity index (χ3v) is 2.11. The van der Waals surface area contributed by atoms with E-state index in [0.717, 1.165) is 19.7 Å². The number of nitriles is 1. The molecule has 12 heavy (non-hydrogen) atoms. The van der Waals surface area contributed by atoms with Crippen LogP contribution in [-0.2, 0) is 4.74 Å². The largest absolute Gasteiger partial charge is 0.362 e. The monoisotopic (exact) mass is 168 g/mol. The van der Waals surface area contributed by atoms with Crippen LogP contribution in [0, 0.1) is 17.2 Å². The van der Waals surface area contributed by atoms with Crippen molar-refractivity contribution in [1.82, 2.24) is 4.90 Å². The van der Waals surface area contributed by atoms with Crippen LogP contribution in [0.4, 0.5) is 0 Å². The highest BCUT2D eigenvalue weighted by atomic mass is 16.5. The molecule has 68 valence electrons. The van der Waals surface area contributed by atoms with Gasteiger partial charge in [0.2, 0.25) is 0 Å². The fraction of sp³-hybridized carbons (Fsp3) is 0.889. The summed E-state index contributed by atoms with van der Waals surface area (Å²) in [6.45, 7) is 6.93. The van der Waals surface area contributed by atoms with Crippen molar-refractivity contribution in [2.45, 2.75) is 26.5 Å². The van der Waals surface area contributed by atoms with Crippen LogP contribution in [0.5, 0.6) is 0 Å². The smallest absolute Gasteiger partial charge is 0.113 e. The van der Waals surface area contributed by atoms with Crippen molar-refractivity contribution in [3.8, 4) is 6.07 Å². The van der Waals surface area contributed by atoms with Crippen LogP contribution in [0.3, 0.4) is 0 Å². The molecule has 0 aliphatic carbocycles. The molecule has 3 nitrogen and oxygen atoms in total. The molecule has 0 aromatic rings. The highest BCUT2D eigenvalue weighted by Crippen LogP contribution is 2.17. The molecule has 1 rings (SSSR count). The number of hydrogen-bond acceptors (Lipinski definition) is 3. The first-order valence-corrected chi connectivity index (χ1v) is 4.48. The summed E-state index contributed by atoms with van der Waals surface area (Å²) in [5.74, 6) is 0.520. The number of rotatable bonds is 3. The summed E-state index contributed by atoms with van der Waals surface area (Å²) in [5, 5.41) is 8.43. The Kier molecular flexibility index (Phi) is 3.51. The van der Waals surface area contributed by atoms with Crippen LogP contribution < -0.4 is 0 Å². The quantitative estimate of drug-likeness (QED) is 0.635. The second-order valence-electron chi connectivity index (χ2n) is 3.45. The first kappa shape index (κ1) is 9.50. The van der Waals surface area contributed by atoms with Gasteiger partial charge in [-0.1, -0.05) is 13.8 Å². The van der Waals surface area contributed by atoms with Crippen LogP contribution >= 0.6 is 0 Å². The normalized spacial score (nSPS) is 24.7. The standard InChI is InChI=1S/C9H16N2O/c1-8(2)9-11(5-3-4-10)6-7-12-9/h8-9H,3,5-7H2,1-2H3. The van der Waals surface area contributed by atoms with E-state index >= 15 is 0 Å². The Labute approximate surface area is 73.9 Å². The third kappa shape index (κ3) is 2.20. The zero-order valence-corrected chi connectivity index (χ0v) is 7.79. The van der Waals surface area contributed by atoms with Gasteiger partial charge < -0.3 is 4.74 Å². The van der Waals surface area contributed by atoms with E-state index in [1.807, 2.05) is 0 Å². The maximum atomic E-state index is 8.43. The molecule has 1 aliphatic rings. The molecule has 1 atom stereocenters. The van der Waals surface area contributed by atoms with Gasteiger partial charge in [0, 0.05) is 19.5 Å². The molecule has 0 radical (unpaired) electrons. The Bertz CT molecular complexity index is 174. The van der Waals surface area contributed by atoms with Gasteiger partial charge in [-0.2, -0.15) is 5.26 Å². The maximum absolute atomic E-state index is 8.43. The van der Waals surface area contributed by atoms with E-state index in [-0.39, 0.29) is 6.23 Å². The maximum Gasteiger partial charge on any atom is 0.113 e. The van der Waals surface area contributed by atoms with Gasteiger partial charge in [0.25, 0.3) is 0 Å². The Morgan fingerprint density at radius 2 is 2.42 bits per heavy atom. The molecule has 1 fully saturated rings. The van der Waals surface area contributed by atoms with Gasteiger partial charge in [-0.25, -0.2) is 0 Å². The van der Waals surface area contributed by atoms with Crippen LogP contribution in [0.2, 0.25) is 0 Å². The summed E-state index contributed by atoms with van der Waals surface area (Å²) in [6, 6.07) is 2.16. The van der Waals surface area contributed by atoms with E-state index in [9.17, 15) is 0 Å². The summed E-state index contributed by atoms with van der Waals surface area (Å²) in [5.41, 5.74) is 0. The van der Waals surface area contributed by atoms with Crippen molar-refractivity contribution in [3.63, 3.8) is 0 Å². The van der Waals surface area contributed by atoms with E-state index in [4.69, 9.17) is 10.00 Å². The van der Waals surface area contributed by atoms with Crippen molar-refractivity contribution in [1.29, 1.82) is 5.26 Å². The zero-order chi connectivity index (χ0) is 8.97. The van der Waals surface area contributed by atoms with Crippen molar-refractivity contribution < 1.29 is 4.74 Å². The van der Waals surface area contributed by atoms with Gasteiger partial charge in [-0.3, -0.25) is 4.90 Å². The lowest BCUT2D eigenvalue weighted by molar-refractivity contribution is -0.000766. The van der Waals surface area contributed by atoms with Gasteiger partial charge in [0.05, 0.1) is 12.7 Å². The molecule has 0 spiro atoms. The first-order valence-electron chi connectivity index (χ1n) is 4.48. The average molecular weight is 168 g/mol. The molecule has 0 aromatic heterocycles. The van der Waals surface area contributed by atoms with Gasteiger partial charge in [-0.05, 0) is 5.92 Å². The molecule has 0 N–H and O–H groups in total. The second kappa shape index (κ2) is 4.44. The van der Waals surface area contributed by atoms with E-state index in [1.165, 1.54) is 0 Å². The second-order valence-corrected chi connectivity index (χ2v) is 3.45. The summed E-state index contributed by atoms with van der Waals surface area (Å²) in [7, 11) is 0. The SMILES string of the molecule is CC(C)C1OCCN1CCC#N. The van der Waals surface area contributed by atoms with Gasteiger partial charge in [-0.15, -0.1) is 0 Å². The van der Waals surface area contributed by atoms with E-state index in [1.54, 1.807) is 0 Å². The average Bonchev–Trinajstić information content (AvgIpc) is 2.48. The molecular formula is C9H16N2O. The minimum atomic E-state index is 0.235. The molecular weight excluding hydrogens is 152 g/mol. The number of hydrogen-bond donors (Lipinski definition) is 0. The molecule has 3 heteroatoms. The lowest BCUT2D eigenvalue weighted by Crippen LogP contribution is -2.34. The van der Waals surface area contributed by atoms with Crippen molar-refractivity contribution in [2.24, 2.45) is 5.92 Å². The van der Waals surface area contributed by atoms with Crippen molar-refractivity contribution >= 4 is 0 Å². The van der Waals surface area contributed by atoms with Crippen LogP contribution in [0.25, 0.3) is 0 Å². The Balaban J connectivity index is 2.37. The molecule has 1 saturated heterocycles. The molecule has 0 saturated carbocycles. The Morgan fingerprint density at radius 1 is 1.67 bits per heavy atom. The number of nitrogens with zero attached hydrogens (tertiary/aromatic N) is 2. The summed E-state index contributed by atoms with van der Waals surface area (Å²) in [6.07, 6.45) is 0.838. The molecule has 0 aromatic carbocycles. The predicted molar refractivity (Wildman–Crippen MR) is 46.4 cm³/mol. The number of ether oxygens (including phenoxy) is 1. The van der Waals surface area contributed by atoms with Gasteiger partial charge in [0.15, 0.2) is 0 Å². The first-order chi connectivity index (χ1) is 5.75. The molecule has 0 bridgehead atoms. The predicted octanol–water partition coefficient (Wildman–Crippen LogP) is 1.21. The van der Waals surface area contributed by atoms with E-state index < -0.39 is 0 Å². The molecule has 1 heterocycles. The molecule has 1 unspecified atom stereocenters. The minimum Gasteiger partial charge on any atom is -0.362 e. The van der Waals surface area contributed by atoms with E-state index in [2.05, 4.69) is 24.8 Å².